The number of methoxy groups -OCH3 is 1. The first kappa shape index (κ1) is 12.3. The van der Waals surface area contributed by atoms with Gasteiger partial charge in [-0.15, -0.1) is 0 Å². The number of benzene rings is 1. The van der Waals surface area contributed by atoms with Crippen molar-refractivity contribution in [3.63, 3.8) is 0 Å². The Labute approximate surface area is 119 Å². The monoisotopic (exact) mass is 293 g/mol. The number of hydrogen-bond donors (Lipinski definition) is 0. The van der Waals surface area contributed by atoms with E-state index in [9.17, 15) is 0 Å². The number of rotatable bonds is 2. The van der Waals surface area contributed by atoms with Crippen molar-refractivity contribution in [2.45, 2.75) is 0 Å². The Morgan fingerprint density at radius 1 is 1.26 bits per heavy atom. The van der Waals surface area contributed by atoms with Crippen LogP contribution < -0.4 is 4.74 Å². The standard InChI is InChI=1S/C13H9Cl2N3O/c1-19-10-3-2-8-9(18-5-4-16-7-18)6-11(14)17-13(8)12(10)15/h2-7H,1H3. The molecule has 0 saturated carbocycles. The molecule has 4 nitrogen and oxygen atoms in total. The second kappa shape index (κ2) is 4.72. The lowest BCUT2D eigenvalue weighted by molar-refractivity contribution is 0.415. The van der Waals surface area contributed by atoms with Gasteiger partial charge in [-0.2, -0.15) is 0 Å². The number of hydrogen-bond acceptors (Lipinski definition) is 3. The molecule has 0 aliphatic heterocycles. The molecule has 0 amide bonds. The zero-order valence-electron chi connectivity index (χ0n) is 9.97. The summed E-state index contributed by atoms with van der Waals surface area (Å²) >= 11 is 12.3. The SMILES string of the molecule is COc1ccc2c(-n3ccnc3)cc(Cl)nc2c1Cl. The van der Waals surface area contributed by atoms with Crippen molar-refractivity contribution in [3.8, 4) is 11.4 Å². The molecule has 1 aromatic carbocycles. The molecule has 0 radical (unpaired) electrons. The van der Waals surface area contributed by atoms with Gasteiger partial charge >= 0.3 is 0 Å². The van der Waals surface area contributed by atoms with Gasteiger partial charge in [0.2, 0.25) is 0 Å². The number of halogens is 2. The maximum Gasteiger partial charge on any atom is 0.139 e. The molecule has 96 valence electrons. The van der Waals surface area contributed by atoms with Crippen molar-refractivity contribution in [2.75, 3.05) is 7.11 Å². The molecule has 3 rings (SSSR count). The lowest BCUT2D eigenvalue weighted by atomic mass is 10.1. The summed E-state index contributed by atoms with van der Waals surface area (Å²) in [5.41, 5.74) is 1.48. The highest BCUT2D eigenvalue weighted by atomic mass is 35.5. The minimum absolute atomic E-state index is 0.367. The minimum atomic E-state index is 0.367. The van der Waals surface area contributed by atoms with Crippen LogP contribution in [0.25, 0.3) is 16.6 Å². The molecule has 0 aliphatic carbocycles. The molecule has 0 saturated heterocycles. The van der Waals surface area contributed by atoms with Gasteiger partial charge in [0.1, 0.15) is 15.9 Å². The molecule has 0 unspecified atom stereocenters. The van der Waals surface area contributed by atoms with Crippen molar-refractivity contribution < 1.29 is 4.74 Å². The predicted molar refractivity (Wildman–Crippen MR) is 75.4 cm³/mol. The van der Waals surface area contributed by atoms with Crippen LogP contribution in [0, 0.1) is 0 Å². The van der Waals surface area contributed by atoms with Crippen LogP contribution in [0.1, 0.15) is 0 Å². The van der Waals surface area contributed by atoms with E-state index >= 15 is 0 Å². The summed E-state index contributed by atoms with van der Waals surface area (Å²) < 4.78 is 7.05. The fourth-order valence-electron chi connectivity index (χ4n) is 1.96. The summed E-state index contributed by atoms with van der Waals surface area (Å²) in [7, 11) is 1.56. The van der Waals surface area contributed by atoms with E-state index in [4.69, 9.17) is 27.9 Å². The number of fused-ring (bicyclic) bond motifs is 1. The lowest BCUT2D eigenvalue weighted by Crippen LogP contribution is -1.95. The molecule has 0 fully saturated rings. The molecule has 3 aromatic rings. The van der Waals surface area contributed by atoms with Crippen LogP contribution in [-0.2, 0) is 0 Å². The van der Waals surface area contributed by atoms with Crippen LogP contribution in [0.4, 0.5) is 0 Å². The third-order valence-corrected chi connectivity index (χ3v) is 3.39. The van der Waals surface area contributed by atoms with Gasteiger partial charge in [0.05, 0.1) is 24.6 Å². The van der Waals surface area contributed by atoms with Crippen LogP contribution >= 0.6 is 23.2 Å². The van der Waals surface area contributed by atoms with E-state index in [1.54, 1.807) is 31.8 Å². The Morgan fingerprint density at radius 2 is 2.11 bits per heavy atom. The average Bonchev–Trinajstić information content (AvgIpc) is 2.93. The van der Waals surface area contributed by atoms with Crippen molar-refractivity contribution in [3.05, 3.63) is 47.1 Å². The van der Waals surface area contributed by atoms with E-state index in [0.29, 0.717) is 21.4 Å². The highest BCUT2D eigenvalue weighted by Crippen LogP contribution is 2.35. The van der Waals surface area contributed by atoms with Gasteiger partial charge in [0, 0.05) is 23.8 Å². The maximum atomic E-state index is 6.28. The zero-order chi connectivity index (χ0) is 13.4. The number of aromatic nitrogens is 3. The Kier molecular flexibility index (Phi) is 3.05. The van der Waals surface area contributed by atoms with Crippen molar-refractivity contribution in [1.82, 2.24) is 14.5 Å². The second-order valence-corrected chi connectivity index (χ2v) is 4.68. The number of nitrogens with zero attached hydrogens (tertiary/aromatic N) is 3. The van der Waals surface area contributed by atoms with E-state index in [2.05, 4.69) is 9.97 Å². The molecule has 0 spiro atoms. The highest BCUT2D eigenvalue weighted by Gasteiger charge is 2.12. The lowest BCUT2D eigenvalue weighted by Gasteiger charge is -2.11. The predicted octanol–water partition coefficient (Wildman–Crippen LogP) is 3.74. The van der Waals surface area contributed by atoms with Gasteiger partial charge in [-0.25, -0.2) is 9.97 Å². The molecular formula is C13H9Cl2N3O. The second-order valence-electron chi connectivity index (χ2n) is 3.91. The third-order valence-electron chi connectivity index (χ3n) is 2.83. The summed E-state index contributed by atoms with van der Waals surface area (Å²) in [6, 6.07) is 5.48. The summed E-state index contributed by atoms with van der Waals surface area (Å²) in [6.07, 6.45) is 5.23. The summed E-state index contributed by atoms with van der Waals surface area (Å²) in [6.45, 7) is 0. The Morgan fingerprint density at radius 3 is 2.79 bits per heavy atom. The van der Waals surface area contributed by atoms with Gasteiger partial charge in [0.15, 0.2) is 0 Å². The molecular weight excluding hydrogens is 285 g/mol. The van der Waals surface area contributed by atoms with E-state index in [1.807, 2.05) is 16.8 Å². The largest absolute Gasteiger partial charge is 0.495 e. The van der Waals surface area contributed by atoms with Gasteiger partial charge in [-0.3, -0.25) is 0 Å². The first-order chi connectivity index (χ1) is 9.20. The minimum Gasteiger partial charge on any atom is -0.495 e. The van der Waals surface area contributed by atoms with Crippen LogP contribution in [0.2, 0.25) is 10.2 Å². The molecule has 19 heavy (non-hydrogen) atoms. The fraction of sp³-hybridized carbons (Fsp3) is 0.0769. The van der Waals surface area contributed by atoms with Crippen LogP contribution in [0.5, 0.6) is 5.75 Å². The molecule has 0 atom stereocenters. The molecule has 0 N–H and O–H groups in total. The molecule has 2 heterocycles. The Bertz CT molecular complexity index is 741. The first-order valence-electron chi connectivity index (χ1n) is 5.52. The highest BCUT2D eigenvalue weighted by molar-refractivity contribution is 6.37. The summed E-state index contributed by atoms with van der Waals surface area (Å²) in [5.74, 6) is 0.570. The van der Waals surface area contributed by atoms with E-state index in [0.717, 1.165) is 11.1 Å². The normalized spacial score (nSPS) is 10.9. The summed E-state index contributed by atoms with van der Waals surface area (Å²) in [4.78, 5) is 8.31. The van der Waals surface area contributed by atoms with Crippen LogP contribution in [0.3, 0.4) is 0 Å². The number of imidazole rings is 1. The van der Waals surface area contributed by atoms with Crippen molar-refractivity contribution >= 4 is 34.1 Å². The van der Waals surface area contributed by atoms with Gasteiger partial charge in [-0.05, 0) is 12.1 Å². The smallest absolute Gasteiger partial charge is 0.139 e. The van der Waals surface area contributed by atoms with Gasteiger partial charge < -0.3 is 9.30 Å². The quantitative estimate of drug-likeness (QED) is 0.676. The zero-order valence-corrected chi connectivity index (χ0v) is 11.5. The van der Waals surface area contributed by atoms with Crippen molar-refractivity contribution in [1.29, 1.82) is 0 Å². The Hall–Kier alpha value is -1.78. The van der Waals surface area contributed by atoms with Crippen LogP contribution in [0.15, 0.2) is 36.9 Å². The molecule has 0 bridgehead atoms. The van der Waals surface area contributed by atoms with Gasteiger partial charge in [0.25, 0.3) is 0 Å². The van der Waals surface area contributed by atoms with E-state index < -0.39 is 0 Å². The maximum absolute atomic E-state index is 6.28. The average molecular weight is 294 g/mol. The first-order valence-corrected chi connectivity index (χ1v) is 6.27. The van der Waals surface area contributed by atoms with E-state index in [-0.39, 0.29) is 0 Å². The third kappa shape index (κ3) is 2.03. The van der Waals surface area contributed by atoms with Crippen molar-refractivity contribution in [2.24, 2.45) is 0 Å². The number of pyridine rings is 1. The fourth-order valence-corrected chi connectivity index (χ4v) is 2.44. The number of ether oxygens (including phenoxy) is 1. The van der Waals surface area contributed by atoms with Gasteiger partial charge in [-0.1, -0.05) is 23.2 Å². The topological polar surface area (TPSA) is 39.9 Å². The molecule has 0 aliphatic rings. The summed E-state index contributed by atoms with van der Waals surface area (Å²) in [5, 5.41) is 1.70. The molecule has 2 aromatic heterocycles. The molecule has 6 heteroatoms. The van der Waals surface area contributed by atoms with Crippen LogP contribution in [-0.4, -0.2) is 21.6 Å². The van der Waals surface area contributed by atoms with E-state index in [1.165, 1.54) is 0 Å². The Balaban J connectivity index is 2.38.